The third-order valence-corrected chi connectivity index (χ3v) is 4.69. The summed E-state index contributed by atoms with van der Waals surface area (Å²) in [5, 5.41) is 5.52. The maximum atomic E-state index is 13.2. The summed E-state index contributed by atoms with van der Waals surface area (Å²) in [5.74, 6) is 0.746. The van der Waals surface area contributed by atoms with E-state index in [-0.39, 0.29) is 5.70 Å². The molecule has 3 rings (SSSR count). The van der Waals surface area contributed by atoms with Gasteiger partial charge in [0.05, 0.1) is 20.8 Å². The van der Waals surface area contributed by atoms with Crippen molar-refractivity contribution in [3.05, 3.63) is 89.6 Å². The quantitative estimate of drug-likeness (QED) is 0.472. The number of para-hydroxylation sites is 1. The lowest BCUT2D eigenvalue weighted by Gasteiger charge is -2.14. The molecule has 0 aliphatic rings. The van der Waals surface area contributed by atoms with Crippen molar-refractivity contribution in [1.82, 2.24) is 5.32 Å². The van der Waals surface area contributed by atoms with E-state index in [0.29, 0.717) is 40.7 Å². The van der Waals surface area contributed by atoms with E-state index < -0.39 is 11.8 Å². The molecule has 3 aromatic carbocycles. The summed E-state index contributed by atoms with van der Waals surface area (Å²) in [6.07, 6.45) is 1.55. The highest BCUT2D eigenvalue weighted by atomic mass is 16.5. The number of methoxy groups -OCH3 is 2. The molecule has 0 unspecified atom stereocenters. The standard InChI is InChI=1S/C26H26N2O5/c1-4-33-21-15-13-20(14-16-21)27-26(30)22(28-25(29)18-9-6-5-7-10-18)17-19-11-8-12-23(31-2)24(19)32-3/h5-17H,4H2,1-3H3,(H,27,30)(H,28,29). The first-order valence-corrected chi connectivity index (χ1v) is 10.4. The number of hydrogen-bond acceptors (Lipinski definition) is 5. The molecule has 0 heterocycles. The molecule has 0 aliphatic carbocycles. The first kappa shape index (κ1) is 23.4. The number of rotatable bonds is 9. The fraction of sp³-hybridized carbons (Fsp3) is 0.154. The first-order chi connectivity index (χ1) is 16.0. The topological polar surface area (TPSA) is 85.9 Å². The zero-order valence-electron chi connectivity index (χ0n) is 18.8. The van der Waals surface area contributed by atoms with Gasteiger partial charge in [-0.25, -0.2) is 0 Å². The van der Waals surface area contributed by atoms with E-state index in [0.717, 1.165) is 0 Å². The van der Waals surface area contributed by atoms with Crippen LogP contribution in [0.1, 0.15) is 22.8 Å². The number of benzene rings is 3. The molecule has 2 N–H and O–H groups in total. The molecule has 33 heavy (non-hydrogen) atoms. The van der Waals surface area contributed by atoms with Crippen molar-refractivity contribution in [1.29, 1.82) is 0 Å². The van der Waals surface area contributed by atoms with Crippen LogP contribution in [0.5, 0.6) is 17.2 Å². The van der Waals surface area contributed by atoms with Crippen LogP contribution in [0, 0.1) is 0 Å². The van der Waals surface area contributed by atoms with Crippen LogP contribution >= 0.6 is 0 Å². The number of carbonyl (C=O) groups excluding carboxylic acids is 2. The van der Waals surface area contributed by atoms with E-state index in [2.05, 4.69) is 10.6 Å². The van der Waals surface area contributed by atoms with Gasteiger partial charge >= 0.3 is 0 Å². The molecule has 3 aromatic rings. The molecule has 0 saturated carbocycles. The first-order valence-electron chi connectivity index (χ1n) is 10.4. The predicted molar refractivity (Wildman–Crippen MR) is 128 cm³/mol. The van der Waals surface area contributed by atoms with E-state index in [1.807, 2.05) is 13.0 Å². The fourth-order valence-corrected chi connectivity index (χ4v) is 3.12. The van der Waals surface area contributed by atoms with Crippen LogP contribution < -0.4 is 24.8 Å². The number of anilines is 1. The molecule has 0 bridgehead atoms. The highest BCUT2D eigenvalue weighted by molar-refractivity contribution is 6.10. The van der Waals surface area contributed by atoms with Gasteiger partial charge in [-0.05, 0) is 55.5 Å². The van der Waals surface area contributed by atoms with Gasteiger partial charge in [0.1, 0.15) is 11.4 Å². The van der Waals surface area contributed by atoms with Crippen molar-refractivity contribution in [2.45, 2.75) is 6.92 Å². The second-order valence-corrected chi connectivity index (χ2v) is 6.87. The molecular formula is C26H26N2O5. The molecule has 0 fully saturated rings. The average Bonchev–Trinajstić information content (AvgIpc) is 2.85. The molecule has 0 radical (unpaired) electrons. The highest BCUT2D eigenvalue weighted by Gasteiger charge is 2.17. The lowest BCUT2D eigenvalue weighted by atomic mass is 10.1. The Balaban J connectivity index is 1.93. The molecule has 7 heteroatoms. The van der Waals surface area contributed by atoms with Crippen LogP contribution in [0.25, 0.3) is 6.08 Å². The zero-order valence-corrected chi connectivity index (χ0v) is 18.8. The summed E-state index contributed by atoms with van der Waals surface area (Å²) in [6, 6.07) is 20.9. The summed E-state index contributed by atoms with van der Waals surface area (Å²) in [7, 11) is 3.04. The lowest BCUT2D eigenvalue weighted by molar-refractivity contribution is -0.113. The van der Waals surface area contributed by atoms with Crippen LogP contribution in [0.2, 0.25) is 0 Å². The lowest BCUT2D eigenvalue weighted by Crippen LogP contribution is -2.30. The van der Waals surface area contributed by atoms with Crippen LogP contribution in [-0.2, 0) is 4.79 Å². The Kier molecular flexibility index (Phi) is 8.07. The predicted octanol–water partition coefficient (Wildman–Crippen LogP) is 4.51. The Bertz CT molecular complexity index is 1130. The summed E-state index contributed by atoms with van der Waals surface area (Å²) in [6.45, 7) is 2.45. The molecule has 0 saturated heterocycles. The number of carbonyl (C=O) groups is 2. The van der Waals surface area contributed by atoms with Crippen LogP contribution in [0.3, 0.4) is 0 Å². The zero-order chi connectivity index (χ0) is 23.6. The van der Waals surface area contributed by atoms with Gasteiger partial charge < -0.3 is 24.8 Å². The Morgan fingerprint density at radius 3 is 2.24 bits per heavy atom. The Morgan fingerprint density at radius 2 is 1.61 bits per heavy atom. The van der Waals surface area contributed by atoms with Crippen molar-refractivity contribution in [3.8, 4) is 17.2 Å². The van der Waals surface area contributed by atoms with E-state index in [4.69, 9.17) is 14.2 Å². The Morgan fingerprint density at radius 1 is 0.879 bits per heavy atom. The monoisotopic (exact) mass is 446 g/mol. The van der Waals surface area contributed by atoms with Gasteiger partial charge in [-0.15, -0.1) is 0 Å². The average molecular weight is 447 g/mol. The second kappa shape index (κ2) is 11.4. The number of nitrogens with one attached hydrogen (secondary N) is 2. The van der Waals surface area contributed by atoms with Crippen molar-refractivity contribution >= 4 is 23.6 Å². The molecule has 7 nitrogen and oxygen atoms in total. The van der Waals surface area contributed by atoms with Crippen molar-refractivity contribution in [2.75, 3.05) is 26.1 Å². The number of ether oxygens (including phenoxy) is 3. The largest absolute Gasteiger partial charge is 0.494 e. The molecule has 0 atom stereocenters. The highest BCUT2D eigenvalue weighted by Crippen LogP contribution is 2.32. The maximum absolute atomic E-state index is 13.2. The molecule has 0 spiro atoms. The van der Waals surface area contributed by atoms with Gasteiger partial charge in [0.25, 0.3) is 11.8 Å². The molecule has 170 valence electrons. The minimum Gasteiger partial charge on any atom is -0.494 e. The summed E-state index contributed by atoms with van der Waals surface area (Å²) in [4.78, 5) is 25.9. The maximum Gasteiger partial charge on any atom is 0.272 e. The van der Waals surface area contributed by atoms with Gasteiger partial charge in [-0.3, -0.25) is 9.59 Å². The third-order valence-electron chi connectivity index (χ3n) is 4.69. The third kappa shape index (κ3) is 6.13. The van der Waals surface area contributed by atoms with Crippen LogP contribution in [0.15, 0.2) is 78.5 Å². The van der Waals surface area contributed by atoms with Gasteiger partial charge in [0.2, 0.25) is 0 Å². The minimum atomic E-state index is -0.492. The van der Waals surface area contributed by atoms with Gasteiger partial charge in [0.15, 0.2) is 11.5 Å². The van der Waals surface area contributed by atoms with Gasteiger partial charge in [-0.1, -0.05) is 30.3 Å². The van der Waals surface area contributed by atoms with Crippen molar-refractivity contribution in [3.63, 3.8) is 0 Å². The van der Waals surface area contributed by atoms with Crippen molar-refractivity contribution in [2.24, 2.45) is 0 Å². The number of amides is 2. The number of hydrogen-bond donors (Lipinski definition) is 2. The molecule has 0 aromatic heterocycles. The Labute approximate surface area is 193 Å². The molecule has 0 aliphatic heterocycles. The summed E-state index contributed by atoms with van der Waals surface area (Å²) < 4.78 is 16.2. The minimum absolute atomic E-state index is 0.0456. The van der Waals surface area contributed by atoms with Gasteiger partial charge in [-0.2, -0.15) is 0 Å². The van der Waals surface area contributed by atoms with E-state index in [1.165, 1.54) is 14.2 Å². The van der Waals surface area contributed by atoms with E-state index in [9.17, 15) is 9.59 Å². The van der Waals surface area contributed by atoms with Crippen LogP contribution in [-0.4, -0.2) is 32.6 Å². The SMILES string of the molecule is CCOc1ccc(NC(=O)C(=Cc2cccc(OC)c2OC)NC(=O)c2ccccc2)cc1. The summed E-state index contributed by atoms with van der Waals surface area (Å²) in [5.41, 5.74) is 1.60. The van der Waals surface area contributed by atoms with E-state index >= 15 is 0 Å². The molecule has 2 amide bonds. The van der Waals surface area contributed by atoms with Gasteiger partial charge in [0, 0.05) is 16.8 Å². The second-order valence-electron chi connectivity index (χ2n) is 6.87. The summed E-state index contributed by atoms with van der Waals surface area (Å²) >= 11 is 0. The van der Waals surface area contributed by atoms with Crippen molar-refractivity contribution < 1.29 is 23.8 Å². The fourth-order valence-electron chi connectivity index (χ4n) is 3.12. The normalized spacial score (nSPS) is 10.8. The smallest absolute Gasteiger partial charge is 0.272 e. The van der Waals surface area contributed by atoms with Crippen LogP contribution in [0.4, 0.5) is 5.69 Å². The van der Waals surface area contributed by atoms with E-state index in [1.54, 1.807) is 72.8 Å². The Hall–Kier alpha value is -4.26. The molecular weight excluding hydrogens is 420 g/mol.